The molecule has 0 aromatic heterocycles. The molecule has 4 nitrogen and oxygen atoms in total. The normalized spacial score (nSPS) is 20.4. The highest BCUT2D eigenvalue weighted by molar-refractivity contribution is 6.09. The fourth-order valence-corrected chi connectivity index (χ4v) is 3.73. The predicted octanol–water partition coefficient (Wildman–Crippen LogP) is 3.50. The fourth-order valence-electron chi connectivity index (χ4n) is 3.73. The van der Waals surface area contributed by atoms with E-state index in [9.17, 15) is 22.8 Å². The van der Waals surface area contributed by atoms with Crippen LogP contribution >= 0.6 is 0 Å². The highest BCUT2D eigenvalue weighted by Crippen LogP contribution is 2.33. The number of halogens is 3. The third-order valence-corrected chi connectivity index (χ3v) is 5.14. The SMILES string of the molecule is O=C(/C=C1\NCC2c3ccccc3CCN2C1=O)c1cccc(C(F)(F)F)c1. The molecule has 0 spiro atoms. The Morgan fingerprint density at radius 2 is 1.93 bits per heavy atom. The number of alkyl halides is 3. The van der Waals surface area contributed by atoms with Crippen LogP contribution in [0, 0.1) is 0 Å². The number of fused-ring (bicyclic) bond motifs is 3. The molecule has 2 heterocycles. The highest BCUT2D eigenvalue weighted by Gasteiger charge is 2.36. The molecule has 0 radical (unpaired) electrons. The van der Waals surface area contributed by atoms with Gasteiger partial charge in [0.25, 0.3) is 5.91 Å². The van der Waals surface area contributed by atoms with E-state index >= 15 is 0 Å². The number of amides is 1. The second-order valence-electron chi connectivity index (χ2n) is 6.84. The van der Waals surface area contributed by atoms with E-state index < -0.39 is 17.5 Å². The molecule has 1 unspecified atom stereocenters. The van der Waals surface area contributed by atoms with Crippen molar-refractivity contribution >= 4 is 11.7 Å². The minimum absolute atomic E-state index is 0.108. The number of piperazine rings is 1. The van der Waals surface area contributed by atoms with Crippen LogP contribution in [-0.4, -0.2) is 29.7 Å². The van der Waals surface area contributed by atoms with E-state index in [1.807, 2.05) is 24.3 Å². The van der Waals surface area contributed by atoms with Gasteiger partial charge in [-0.2, -0.15) is 13.2 Å². The second-order valence-corrected chi connectivity index (χ2v) is 6.84. The first-order chi connectivity index (χ1) is 13.3. The van der Waals surface area contributed by atoms with Crippen LogP contribution in [-0.2, 0) is 17.4 Å². The molecule has 0 aliphatic carbocycles. The quantitative estimate of drug-likeness (QED) is 0.635. The fraction of sp³-hybridized carbons (Fsp3) is 0.238. The van der Waals surface area contributed by atoms with Crippen molar-refractivity contribution in [2.45, 2.75) is 18.6 Å². The number of nitrogens with zero attached hydrogens (tertiary/aromatic N) is 1. The van der Waals surface area contributed by atoms with Gasteiger partial charge in [0.05, 0.1) is 11.6 Å². The van der Waals surface area contributed by atoms with Gasteiger partial charge in [-0.1, -0.05) is 36.4 Å². The van der Waals surface area contributed by atoms with Crippen LogP contribution < -0.4 is 5.32 Å². The first-order valence-corrected chi connectivity index (χ1v) is 8.90. The molecule has 0 bridgehead atoms. The molecular weight excluding hydrogens is 369 g/mol. The van der Waals surface area contributed by atoms with Crippen LogP contribution in [0.1, 0.15) is 33.1 Å². The van der Waals surface area contributed by atoms with Crippen molar-refractivity contribution in [1.82, 2.24) is 10.2 Å². The van der Waals surface area contributed by atoms with E-state index in [-0.39, 0.29) is 23.2 Å². The minimum Gasteiger partial charge on any atom is -0.378 e. The van der Waals surface area contributed by atoms with Crippen LogP contribution in [0.5, 0.6) is 0 Å². The molecule has 1 saturated heterocycles. The molecular formula is C21H17F3N2O2. The molecule has 1 atom stereocenters. The van der Waals surface area contributed by atoms with Crippen molar-refractivity contribution in [3.8, 4) is 0 Å². The van der Waals surface area contributed by atoms with Crippen molar-refractivity contribution < 1.29 is 22.8 Å². The first-order valence-electron chi connectivity index (χ1n) is 8.90. The standard InChI is InChI=1S/C21H17F3N2O2/c22-21(23,24)15-6-3-5-14(10-15)19(27)11-17-20(28)26-9-8-13-4-1-2-7-16(13)18(26)12-25-17/h1-7,10-11,18,25H,8-9,12H2/b17-11-. The van der Waals surface area contributed by atoms with E-state index in [0.717, 1.165) is 30.2 Å². The number of ketones is 1. The van der Waals surface area contributed by atoms with Crippen molar-refractivity contribution in [3.05, 3.63) is 82.6 Å². The lowest BCUT2D eigenvalue weighted by atomic mass is 9.90. The van der Waals surface area contributed by atoms with E-state index in [1.54, 1.807) is 4.90 Å². The third kappa shape index (κ3) is 3.28. The van der Waals surface area contributed by atoms with Gasteiger partial charge < -0.3 is 10.2 Å². The predicted molar refractivity (Wildman–Crippen MR) is 96.5 cm³/mol. The Balaban J connectivity index is 1.58. The Kier molecular flexibility index (Phi) is 4.45. The average Bonchev–Trinajstić information content (AvgIpc) is 2.69. The molecule has 1 amide bonds. The molecule has 1 fully saturated rings. The van der Waals surface area contributed by atoms with Gasteiger partial charge in [0.2, 0.25) is 0 Å². The molecule has 1 N–H and O–H groups in total. The number of carbonyl (C=O) groups excluding carboxylic acids is 2. The lowest BCUT2D eigenvalue weighted by Gasteiger charge is -2.41. The largest absolute Gasteiger partial charge is 0.416 e. The zero-order valence-electron chi connectivity index (χ0n) is 14.8. The number of rotatable bonds is 2. The number of nitrogens with one attached hydrogen (secondary N) is 1. The molecule has 0 saturated carbocycles. The van der Waals surface area contributed by atoms with Gasteiger partial charge in [-0.05, 0) is 29.7 Å². The van der Waals surface area contributed by atoms with Gasteiger partial charge >= 0.3 is 6.18 Å². The molecule has 28 heavy (non-hydrogen) atoms. The minimum atomic E-state index is -4.53. The van der Waals surface area contributed by atoms with Crippen LogP contribution in [0.2, 0.25) is 0 Å². The summed E-state index contributed by atoms with van der Waals surface area (Å²) in [4.78, 5) is 27.0. The Morgan fingerprint density at radius 3 is 2.71 bits per heavy atom. The lowest BCUT2D eigenvalue weighted by molar-refractivity contribution is -0.137. The van der Waals surface area contributed by atoms with Crippen molar-refractivity contribution in [2.75, 3.05) is 13.1 Å². The molecule has 4 rings (SSSR count). The summed E-state index contributed by atoms with van der Waals surface area (Å²) in [5.74, 6) is -0.955. The third-order valence-electron chi connectivity index (χ3n) is 5.14. The van der Waals surface area contributed by atoms with Crippen LogP contribution in [0.3, 0.4) is 0 Å². The first kappa shape index (κ1) is 18.3. The molecule has 2 aliphatic rings. The second kappa shape index (κ2) is 6.82. The van der Waals surface area contributed by atoms with Gasteiger partial charge in [-0.3, -0.25) is 9.59 Å². The van der Waals surface area contributed by atoms with Gasteiger partial charge in [0.15, 0.2) is 5.78 Å². The van der Waals surface area contributed by atoms with E-state index in [1.165, 1.54) is 17.7 Å². The number of carbonyl (C=O) groups is 2. The van der Waals surface area contributed by atoms with E-state index in [0.29, 0.717) is 13.1 Å². The van der Waals surface area contributed by atoms with Crippen molar-refractivity contribution in [2.24, 2.45) is 0 Å². The van der Waals surface area contributed by atoms with Crippen molar-refractivity contribution in [3.63, 3.8) is 0 Å². The number of hydrogen-bond acceptors (Lipinski definition) is 3. The Hall–Kier alpha value is -3.09. The van der Waals surface area contributed by atoms with Crippen LogP contribution in [0.25, 0.3) is 0 Å². The molecule has 144 valence electrons. The molecule has 7 heteroatoms. The highest BCUT2D eigenvalue weighted by atomic mass is 19.4. The average molecular weight is 386 g/mol. The van der Waals surface area contributed by atoms with Gasteiger partial charge in [0, 0.05) is 24.7 Å². The Bertz CT molecular complexity index is 982. The maximum Gasteiger partial charge on any atom is 0.416 e. The summed E-state index contributed by atoms with van der Waals surface area (Å²) < 4.78 is 38.6. The zero-order chi connectivity index (χ0) is 19.9. The topological polar surface area (TPSA) is 49.4 Å². The van der Waals surface area contributed by atoms with Crippen molar-refractivity contribution in [1.29, 1.82) is 0 Å². The number of hydrogen-bond donors (Lipinski definition) is 1. The van der Waals surface area contributed by atoms with E-state index in [4.69, 9.17) is 0 Å². The molecule has 2 aromatic carbocycles. The zero-order valence-corrected chi connectivity index (χ0v) is 14.8. The summed E-state index contributed by atoms with van der Waals surface area (Å²) in [7, 11) is 0. The Labute approximate surface area is 159 Å². The number of benzene rings is 2. The van der Waals surface area contributed by atoms with Crippen LogP contribution in [0.4, 0.5) is 13.2 Å². The molecule has 2 aromatic rings. The maximum absolute atomic E-state index is 12.9. The van der Waals surface area contributed by atoms with Crippen LogP contribution in [0.15, 0.2) is 60.3 Å². The lowest BCUT2D eigenvalue weighted by Crippen LogP contribution is -2.51. The summed E-state index contributed by atoms with van der Waals surface area (Å²) in [6, 6.07) is 12.0. The summed E-state index contributed by atoms with van der Waals surface area (Å²) in [6.45, 7) is 0.988. The Morgan fingerprint density at radius 1 is 1.14 bits per heavy atom. The van der Waals surface area contributed by atoms with Gasteiger partial charge in [0.1, 0.15) is 5.70 Å². The summed E-state index contributed by atoms with van der Waals surface area (Å²) in [6.07, 6.45) is -2.71. The summed E-state index contributed by atoms with van der Waals surface area (Å²) >= 11 is 0. The smallest absolute Gasteiger partial charge is 0.378 e. The number of allylic oxidation sites excluding steroid dienone is 1. The summed E-state index contributed by atoms with van der Waals surface area (Å²) in [5.41, 5.74) is 1.39. The monoisotopic (exact) mass is 386 g/mol. The molecule has 2 aliphatic heterocycles. The van der Waals surface area contributed by atoms with Gasteiger partial charge in [-0.25, -0.2) is 0 Å². The van der Waals surface area contributed by atoms with Gasteiger partial charge in [-0.15, -0.1) is 0 Å². The maximum atomic E-state index is 12.9. The summed E-state index contributed by atoms with van der Waals surface area (Å²) in [5, 5.41) is 2.98. The van der Waals surface area contributed by atoms with E-state index in [2.05, 4.69) is 5.32 Å².